The van der Waals surface area contributed by atoms with Crippen LogP contribution in [0.15, 0.2) is 63.7 Å². The SMILES string of the molecule is Cc1ccc(C2=Nc3c(NC4CC4)ncnc3S(=O)(=O)c3ccc(C)cc32)cc1. The van der Waals surface area contributed by atoms with E-state index in [1.807, 2.05) is 44.2 Å². The molecule has 5 rings (SSSR count). The van der Waals surface area contributed by atoms with Gasteiger partial charge >= 0.3 is 0 Å². The summed E-state index contributed by atoms with van der Waals surface area (Å²) in [6.45, 7) is 3.96. The fourth-order valence-electron chi connectivity index (χ4n) is 3.46. The lowest BCUT2D eigenvalue weighted by atomic mass is 9.99. The van der Waals surface area contributed by atoms with Crippen LogP contribution >= 0.6 is 0 Å². The Hall–Kier alpha value is -3.06. The van der Waals surface area contributed by atoms with Crippen LogP contribution in [0, 0.1) is 13.8 Å². The van der Waals surface area contributed by atoms with Crippen molar-refractivity contribution in [2.24, 2.45) is 4.99 Å². The minimum atomic E-state index is -3.85. The molecule has 0 saturated heterocycles. The lowest BCUT2D eigenvalue weighted by Crippen LogP contribution is -2.11. The van der Waals surface area contributed by atoms with Crippen LogP contribution in [-0.4, -0.2) is 30.1 Å². The summed E-state index contributed by atoms with van der Waals surface area (Å²) >= 11 is 0. The van der Waals surface area contributed by atoms with Crippen LogP contribution in [0.25, 0.3) is 0 Å². The second kappa shape index (κ2) is 6.49. The van der Waals surface area contributed by atoms with Crippen LogP contribution in [0.3, 0.4) is 0 Å². The summed E-state index contributed by atoms with van der Waals surface area (Å²) in [5, 5.41) is 3.25. The van der Waals surface area contributed by atoms with Crippen LogP contribution in [0.5, 0.6) is 0 Å². The third-order valence-electron chi connectivity index (χ3n) is 5.19. The van der Waals surface area contributed by atoms with E-state index in [9.17, 15) is 8.42 Å². The number of rotatable bonds is 3. The van der Waals surface area contributed by atoms with Gasteiger partial charge in [-0.05, 0) is 38.8 Å². The molecular formula is C22H20N4O2S. The lowest BCUT2D eigenvalue weighted by molar-refractivity contribution is 0.592. The highest BCUT2D eigenvalue weighted by atomic mass is 32.2. The third kappa shape index (κ3) is 3.11. The van der Waals surface area contributed by atoms with Gasteiger partial charge in [-0.15, -0.1) is 0 Å². The van der Waals surface area contributed by atoms with Gasteiger partial charge in [0.15, 0.2) is 10.8 Å². The highest BCUT2D eigenvalue weighted by Crippen LogP contribution is 2.40. The molecule has 29 heavy (non-hydrogen) atoms. The van der Waals surface area contributed by atoms with E-state index >= 15 is 0 Å². The van der Waals surface area contributed by atoms with Gasteiger partial charge in [0.05, 0.1) is 10.6 Å². The Kier molecular flexibility index (Phi) is 4.03. The summed E-state index contributed by atoms with van der Waals surface area (Å²) in [4.78, 5) is 13.5. The molecule has 2 heterocycles. The number of fused-ring (bicyclic) bond motifs is 2. The van der Waals surface area contributed by atoms with Crippen molar-refractivity contribution < 1.29 is 8.42 Å². The van der Waals surface area contributed by atoms with Crippen molar-refractivity contribution >= 4 is 27.1 Å². The van der Waals surface area contributed by atoms with Crippen LogP contribution < -0.4 is 5.32 Å². The summed E-state index contributed by atoms with van der Waals surface area (Å²) in [5.74, 6) is 0.468. The quantitative estimate of drug-likeness (QED) is 0.522. The number of nitrogens with one attached hydrogen (secondary N) is 1. The average Bonchev–Trinajstić information content (AvgIpc) is 3.51. The maximum Gasteiger partial charge on any atom is 0.226 e. The van der Waals surface area contributed by atoms with E-state index < -0.39 is 9.84 Å². The monoisotopic (exact) mass is 404 g/mol. The number of benzene rings is 2. The number of aryl methyl sites for hydroxylation is 2. The van der Waals surface area contributed by atoms with E-state index in [4.69, 9.17) is 4.99 Å². The number of aliphatic imine (C=N–C) groups is 1. The average molecular weight is 404 g/mol. The molecule has 7 heteroatoms. The Morgan fingerprint density at radius 1 is 0.966 bits per heavy atom. The molecule has 0 radical (unpaired) electrons. The zero-order valence-electron chi connectivity index (χ0n) is 16.2. The Morgan fingerprint density at radius 3 is 2.41 bits per heavy atom. The van der Waals surface area contributed by atoms with Gasteiger partial charge in [-0.25, -0.2) is 23.4 Å². The summed E-state index contributed by atoms with van der Waals surface area (Å²) in [5.41, 5.74) is 4.42. The molecule has 1 saturated carbocycles. The first-order valence-electron chi connectivity index (χ1n) is 9.57. The normalized spacial score (nSPS) is 17.0. The lowest BCUT2D eigenvalue weighted by Gasteiger charge is -2.11. The van der Waals surface area contributed by atoms with Gasteiger partial charge in [-0.3, -0.25) is 0 Å². The van der Waals surface area contributed by atoms with E-state index in [1.54, 1.807) is 12.1 Å². The Bertz CT molecular complexity index is 1260. The van der Waals surface area contributed by atoms with Crippen molar-refractivity contribution in [3.8, 4) is 0 Å². The zero-order valence-corrected chi connectivity index (χ0v) is 17.0. The number of nitrogens with zero attached hydrogens (tertiary/aromatic N) is 3. The number of sulfone groups is 1. The first-order chi connectivity index (χ1) is 13.9. The van der Waals surface area contributed by atoms with Crippen molar-refractivity contribution in [3.05, 3.63) is 71.0 Å². The highest BCUT2D eigenvalue weighted by molar-refractivity contribution is 7.91. The molecule has 1 fully saturated rings. The molecule has 0 atom stereocenters. The van der Waals surface area contributed by atoms with Crippen molar-refractivity contribution in [2.75, 3.05) is 5.32 Å². The summed E-state index contributed by atoms with van der Waals surface area (Å²) < 4.78 is 27.0. The van der Waals surface area contributed by atoms with E-state index in [2.05, 4.69) is 15.3 Å². The summed E-state index contributed by atoms with van der Waals surface area (Å²) in [6.07, 6.45) is 3.38. The highest BCUT2D eigenvalue weighted by Gasteiger charge is 2.34. The predicted molar refractivity (Wildman–Crippen MR) is 112 cm³/mol. The molecule has 146 valence electrons. The van der Waals surface area contributed by atoms with Gasteiger partial charge in [-0.2, -0.15) is 0 Å². The number of aromatic nitrogens is 2. The molecule has 3 aromatic rings. The molecule has 1 aliphatic carbocycles. The third-order valence-corrected chi connectivity index (χ3v) is 6.93. The number of anilines is 1. The first kappa shape index (κ1) is 18.0. The van der Waals surface area contributed by atoms with Gasteiger partial charge in [0.2, 0.25) is 9.84 Å². The predicted octanol–water partition coefficient (Wildman–Crippen LogP) is 3.98. The van der Waals surface area contributed by atoms with Crippen molar-refractivity contribution in [2.45, 2.75) is 42.7 Å². The number of hydrogen-bond acceptors (Lipinski definition) is 6. The Morgan fingerprint density at radius 2 is 1.69 bits per heavy atom. The minimum Gasteiger partial charge on any atom is -0.365 e. The minimum absolute atomic E-state index is 0.0529. The van der Waals surface area contributed by atoms with E-state index in [0.29, 0.717) is 23.1 Å². The summed E-state index contributed by atoms with van der Waals surface area (Å²) in [7, 11) is -3.85. The Labute approximate surface area is 169 Å². The van der Waals surface area contributed by atoms with Gasteiger partial charge < -0.3 is 5.32 Å². The second-order valence-corrected chi connectivity index (χ2v) is 9.46. The smallest absolute Gasteiger partial charge is 0.226 e. The standard InChI is InChI=1S/C22H20N4O2S/c1-13-3-6-15(7-4-13)19-17-11-14(2)5-10-18(17)29(27,28)22-20(26-19)21(23-12-24-22)25-16-8-9-16/h3-7,10-12,16H,8-9H2,1-2H3,(H,23,24,25). The van der Waals surface area contributed by atoms with Crippen LogP contribution in [0.2, 0.25) is 0 Å². The molecule has 2 aromatic carbocycles. The van der Waals surface area contributed by atoms with Crippen LogP contribution in [0.4, 0.5) is 11.5 Å². The van der Waals surface area contributed by atoms with E-state index in [1.165, 1.54) is 6.33 Å². The van der Waals surface area contributed by atoms with Crippen molar-refractivity contribution in [3.63, 3.8) is 0 Å². The van der Waals surface area contributed by atoms with Gasteiger partial charge in [-0.1, -0.05) is 41.5 Å². The fourth-order valence-corrected chi connectivity index (χ4v) is 4.94. The maximum atomic E-state index is 13.5. The molecule has 0 spiro atoms. The first-order valence-corrected chi connectivity index (χ1v) is 11.1. The molecule has 0 unspecified atom stereocenters. The molecule has 1 aliphatic heterocycles. The molecule has 1 N–H and O–H groups in total. The molecule has 6 nitrogen and oxygen atoms in total. The maximum absolute atomic E-state index is 13.5. The van der Waals surface area contributed by atoms with E-state index in [-0.39, 0.29) is 15.6 Å². The van der Waals surface area contributed by atoms with Gasteiger partial charge in [0.1, 0.15) is 12.0 Å². The Balaban J connectivity index is 1.84. The largest absolute Gasteiger partial charge is 0.365 e. The molecular weight excluding hydrogens is 384 g/mol. The zero-order chi connectivity index (χ0) is 20.2. The van der Waals surface area contributed by atoms with E-state index in [0.717, 1.165) is 29.5 Å². The molecule has 1 aromatic heterocycles. The van der Waals surface area contributed by atoms with Crippen LogP contribution in [0.1, 0.15) is 35.1 Å². The van der Waals surface area contributed by atoms with Gasteiger partial charge in [0, 0.05) is 17.2 Å². The fraction of sp³-hybridized carbons (Fsp3) is 0.227. The van der Waals surface area contributed by atoms with Gasteiger partial charge in [0.25, 0.3) is 0 Å². The number of hydrogen-bond donors (Lipinski definition) is 1. The van der Waals surface area contributed by atoms with Crippen molar-refractivity contribution in [1.29, 1.82) is 0 Å². The topological polar surface area (TPSA) is 84.3 Å². The van der Waals surface area contributed by atoms with Crippen LogP contribution in [-0.2, 0) is 9.84 Å². The summed E-state index contributed by atoms with van der Waals surface area (Å²) in [6, 6.07) is 13.6. The molecule has 2 aliphatic rings. The molecule has 0 amide bonds. The second-order valence-electron chi connectivity index (χ2n) is 7.62. The molecule has 0 bridgehead atoms. The van der Waals surface area contributed by atoms with Crippen molar-refractivity contribution in [1.82, 2.24) is 9.97 Å².